The summed E-state index contributed by atoms with van der Waals surface area (Å²) in [4.78, 5) is 6.71. The van der Waals surface area contributed by atoms with Gasteiger partial charge in [-0.15, -0.1) is 24.0 Å². The number of hydrogen-bond acceptors (Lipinski definition) is 2. The van der Waals surface area contributed by atoms with Crippen LogP contribution >= 0.6 is 24.0 Å². The third-order valence-corrected chi connectivity index (χ3v) is 3.46. The molecule has 0 bridgehead atoms. The molecule has 1 aliphatic heterocycles. The second-order valence-corrected chi connectivity index (χ2v) is 4.80. The number of nitrogens with zero attached hydrogens (tertiary/aromatic N) is 2. The molecule has 1 atom stereocenters. The molecule has 2 N–H and O–H groups in total. The Hall–Kier alpha value is -0.820. The monoisotopic (exact) mass is 389 g/mol. The molecular formula is C15H24IN3O. The van der Waals surface area contributed by atoms with Crippen molar-refractivity contribution in [3.05, 3.63) is 35.9 Å². The summed E-state index contributed by atoms with van der Waals surface area (Å²) in [7, 11) is 0. The third-order valence-electron chi connectivity index (χ3n) is 3.46. The molecule has 1 saturated heterocycles. The maximum absolute atomic E-state index is 8.90. The van der Waals surface area contributed by atoms with Crippen molar-refractivity contribution in [2.24, 2.45) is 4.99 Å². The molecule has 0 aliphatic carbocycles. The van der Waals surface area contributed by atoms with Gasteiger partial charge in [-0.2, -0.15) is 0 Å². The van der Waals surface area contributed by atoms with Gasteiger partial charge in [-0.05, 0) is 18.9 Å². The molecule has 4 nitrogen and oxygen atoms in total. The van der Waals surface area contributed by atoms with E-state index >= 15 is 0 Å². The summed E-state index contributed by atoms with van der Waals surface area (Å²) in [6.07, 6.45) is 1.16. The van der Waals surface area contributed by atoms with Crippen LogP contribution in [0.4, 0.5) is 0 Å². The van der Waals surface area contributed by atoms with Crippen LogP contribution in [0.15, 0.2) is 35.3 Å². The molecule has 0 amide bonds. The van der Waals surface area contributed by atoms with Gasteiger partial charge >= 0.3 is 0 Å². The number of benzene rings is 1. The first-order valence-corrected chi connectivity index (χ1v) is 7.04. The third kappa shape index (κ3) is 4.63. The fourth-order valence-corrected chi connectivity index (χ4v) is 2.53. The largest absolute Gasteiger partial charge is 0.394 e. The van der Waals surface area contributed by atoms with Crippen molar-refractivity contribution in [3.8, 4) is 0 Å². The van der Waals surface area contributed by atoms with Gasteiger partial charge in [0.2, 0.25) is 0 Å². The maximum atomic E-state index is 8.90. The Labute approximate surface area is 138 Å². The lowest BCUT2D eigenvalue weighted by Gasteiger charge is -2.21. The molecule has 0 saturated carbocycles. The second-order valence-electron chi connectivity index (χ2n) is 4.80. The maximum Gasteiger partial charge on any atom is 0.194 e. The average molecular weight is 389 g/mol. The van der Waals surface area contributed by atoms with Gasteiger partial charge in [0, 0.05) is 25.6 Å². The van der Waals surface area contributed by atoms with Gasteiger partial charge in [-0.1, -0.05) is 30.3 Å². The van der Waals surface area contributed by atoms with Crippen molar-refractivity contribution >= 4 is 29.9 Å². The molecular weight excluding hydrogens is 365 g/mol. The first kappa shape index (κ1) is 17.2. The predicted molar refractivity (Wildman–Crippen MR) is 93.9 cm³/mol. The fraction of sp³-hybridized carbons (Fsp3) is 0.533. The van der Waals surface area contributed by atoms with Crippen LogP contribution in [0.25, 0.3) is 0 Å². The van der Waals surface area contributed by atoms with Crippen LogP contribution in [0.1, 0.15) is 24.8 Å². The van der Waals surface area contributed by atoms with Crippen molar-refractivity contribution in [2.75, 3.05) is 32.8 Å². The first-order chi connectivity index (χ1) is 9.35. The lowest BCUT2D eigenvalue weighted by Crippen LogP contribution is -2.40. The minimum atomic E-state index is 0. The van der Waals surface area contributed by atoms with Crippen LogP contribution in [-0.2, 0) is 0 Å². The standard InChI is InChI=1S/C15H23N3O.HI/c1-2-16-15(17-9-11-19)18-10-8-14(12-18)13-6-4-3-5-7-13;/h3-7,14,19H,2,8-12H2,1H3,(H,16,17);1H. The molecule has 5 heteroatoms. The van der Waals surface area contributed by atoms with Gasteiger partial charge in [-0.25, -0.2) is 0 Å². The van der Waals surface area contributed by atoms with Gasteiger partial charge in [0.25, 0.3) is 0 Å². The number of aliphatic hydroxyl groups excluding tert-OH is 1. The molecule has 1 unspecified atom stereocenters. The summed E-state index contributed by atoms with van der Waals surface area (Å²) in [5, 5.41) is 12.2. The van der Waals surface area contributed by atoms with Crippen LogP contribution in [-0.4, -0.2) is 48.8 Å². The van der Waals surface area contributed by atoms with Crippen molar-refractivity contribution in [1.29, 1.82) is 0 Å². The van der Waals surface area contributed by atoms with Crippen molar-refractivity contribution < 1.29 is 5.11 Å². The number of hydrogen-bond donors (Lipinski definition) is 2. The van der Waals surface area contributed by atoms with E-state index in [4.69, 9.17) is 5.11 Å². The minimum Gasteiger partial charge on any atom is -0.394 e. The van der Waals surface area contributed by atoms with E-state index in [1.165, 1.54) is 5.56 Å². The van der Waals surface area contributed by atoms with Crippen molar-refractivity contribution in [3.63, 3.8) is 0 Å². The molecule has 0 spiro atoms. The first-order valence-electron chi connectivity index (χ1n) is 7.04. The molecule has 1 aromatic carbocycles. The number of aliphatic hydroxyl groups is 1. The predicted octanol–water partition coefficient (Wildman–Crippen LogP) is 2.05. The normalized spacial score (nSPS) is 18.8. The van der Waals surface area contributed by atoms with Crippen LogP contribution in [0, 0.1) is 0 Å². The van der Waals surface area contributed by atoms with E-state index in [-0.39, 0.29) is 30.6 Å². The number of rotatable bonds is 4. The summed E-state index contributed by atoms with van der Waals surface area (Å²) < 4.78 is 0. The molecule has 0 radical (unpaired) electrons. The summed E-state index contributed by atoms with van der Waals surface area (Å²) >= 11 is 0. The highest BCUT2D eigenvalue weighted by molar-refractivity contribution is 14.0. The summed E-state index contributed by atoms with van der Waals surface area (Å²) in [6, 6.07) is 10.7. The van der Waals surface area contributed by atoms with E-state index in [0.717, 1.165) is 32.0 Å². The minimum absolute atomic E-state index is 0. The molecule has 20 heavy (non-hydrogen) atoms. The van der Waals surface area contributed by atoms with Gasteiger partial charge in [0.1, 0.15) is 0 Å². The Kier molecular flexibility index (Phi) is 7.91. The molecule has 1 aromatic rings. The lowest BCUT2D eigenvalue weighted by molar-refractivity contribution is 0.305. The van der Waals surface area contributed by atoms with E-state index < -0.39 is 0 Å². The summed E-state index contributed by atoms with van der Waals surface area (Å²) in [6.45, 7) is 5.52. The lowest BCUT2D eigenvalue weighted by atomic mass is 9.99. The molecule has 112 valence electrons. The molecule has 1 heterocycles. The van der Waals surface area contributed by atoms with Gasteiger partial charge in [0.15, 0.2) is 5.96 Å². The molecule has 1 aliphatic rings. The van der Waals surface area contributed by atoms with E-state index in [1.54, 1.807) is 0 Å². The summed E-state index contributed by atoms with van der Waals surface area (Å²) in [5.41, 5.74) is 1.41. The second kappa shape index (κ2) is 9.18. The van der Waals surface area contributed by atoms with Crippen LogP contribution in [0.3, 0.4) is 0 Å². The number of guanidine groups is 1. The quantitative estimate of drug-likeness (QED) is 0.471. The SMILES string of the molecule is CCNC(=NCCO)N1CCC(c2ccccc2)C1.I. The highest BCUT2D eigenvalue weighted by atomic mass is 127. The summed E-state index contributed by atoms with van der Waals surface area (Å²) in [5.74, 6) is 1.51. The highest BCUT2D eigenvalue weighted by Gasteiger charge is 2.25. The van der Waals surface area contributed by atoms with Gasteiger partial charge in [-0.3, -0.25) is 4.99 Å². The van der Waals surface area contributed by atoms with E-state index in [9.17, 15) is 0 Å². The zero-order valence-corrected chi connectivity index (χ0v) is 14.3. The van der Waals surface area contributed by atoms with Crippen LogP contribution in [0.2, 0.25) is 0 Å². The Balaban J connectivity index is 0.00000200. The molecule has 2 rings (SSSR count). The van der Waals surface area contributed by atoms with Crippen molar-refractivity contribution in [2.45, 2.75) is 19.3 Å². The van der Waals surface area contributed by atoms with Gasteiger partial charge < -0.3 is 15.3 Å². The van der Waals surface area contributed by atoms with E-state index in [2.05, 4.69) is 52.5 Å². The Bertz CT molecular complexity index is 411. The topological polar surface area (TPSA) is 47.9 Å². The highest BCUT2D eigenvalue weighted by Crippen LogP contribution is 2.26. The van der Waals surface area contributed by atoms with Gasteiger partial charge in [0.05, 0.1) is 13.2 Å². The Morgan fingerprint density at radius 1 is 1.40 bits per heavy atom. The number of aliphatic imine (C=N–C) groups is 1. The van der Waals surface area contributed by atoms with Crippen molar-refractivity contribution in [1.82, 2.24) is 10.2 Å². The van der Waals surface area contributed by atoms with E-state index in [0.29, 0.717) is 12.5 Å². The smallest absolute Gasteiger partial charge is 0.194 e. The number of halogens is 1. The Morgan fingerprint density at radius 2 is 2.15 bits per heavy atom. The Morgan fingerprint density at radius 3 is 2.80 bits per heavy atom. The van der Waals surface area contributed by atoms with Crippen LogP contribution < -0.4 is 5.32 Å². The zero-order valence-electron chi connectivity index (χ0n) is 12.0. The fourth-order valence-electron chi connectivity index (χ4n) is 2.53. The number of nitrogens with one attached hydrogen (secondary N) is 1. The average Bonchev–Trinajstić information content (AvgIpc) is 2.94. The number of likely N-dealkylation sites (tertiary alicyclic amines) is 1. The van der Waals surface area contributed by atoms with E-state index in [1.807, 2.05) is 0 Å². The van der Waals surface area contributed by atoms with Crippen LogP contribution in [0.5, 0.6) is 0 Å². The molecule has 1 fully saturated rings. The zero-order chi connectivity index (χ0) is 13.5. The molecule has 0 aromatic heterocycles.